The molecule has 0 radical (unpaired) electrons. The van der Waals surface area contributed by atoms with Crippen molar-refractivity contribution in [3.63, 3.8) is 0 Å². The average molecular weight is 374 g/mol. The first-order valence-corrected chi connectivity index (χ1v) is 9.16. The first-order valence-electron chi connectivity index (χ1n) is 9.16. The van der Waals surface area contributed by atoms with Crippen LogP contribution in [0.1, 0.15) is 10.4 Å². The number of nitrogens with zero attached hydrogens (tertiary/aromatic N) is 4. The van der Waals surface area contributed by atoms with Gasteiger partial charge in [0.2, 0.25) is 5.89 Å². The van der Waals surface area contributed by atoms with Gasteiger partial charge in [0.05, 0.1) is 30.7 Å². The molecule has 0 unspecified atom stereocenters. The summed E-state index contributed by atoms with van der Waals surface area (Å²) in [6.45, 7) is 2.45. The fourth-order valence-corrected chi connectivity index (χ4v) is 3.28. The van der Waals surface area contributed by atoms with Crippen molar-refractivity contribution < 1.29 is 13.9 Å². The third kappa shape index (κ3) is 3.05. The van der Waals surface area contributed by atoms with Crippen LogP contribution in [0.15, 0.2) is 65.3 Å². The summed E-state index contributed by atoms with van der Waals surface area (Å²) in [6.07, 6.45) is 3.58. The number of hydrogen-bond acceptors (Lipinski definition) is 5. The number of amides is 1. The predicted octanol–water partition coefficient (Wildman–Crippen LogP) is 3.15. The lowest BCUT2D eigenvalue weighted by Crippen LogP contribution is -2.40. The molecule has 4 aromatic rings. The van der Waals surface area contributed by atoms with Gasteiger partial charge < -0.3 is 14.1 Å². The zero-order chi connectivity index (χ0) is 18.9. The Balaban J connectivity index is 1.37. The summed E-state index contributed by atoms with van der Waals surface area (Å²) in [5, 5.41) is 4.40. The topological polar surface area (TPSA) is 73.4 Å². The predicted molar refractivity (Wildman–Crippen MR) is 103 cm³/mol. The summed E-state index contributed by atoms with van der Waals surface area (Å²) >= 11 is 0. The van der Waals surface area contributed by atoms with Gasteiger partial charge in [0, 0.05) is 24.8 Å². The van der Waals surface area contributed by atoms with Crippen LogP contribution in [0, 0.1) is 0 Å². The van der Waals surface area contributed by atoms with Gasteiger partial charge in [-0.1, -0.05) is 12.1 Å². The van der Waals surface area contributed by atoms with Crippen molar-refractivity contribution >= 4 is 17.0 Å². The van der Waals surface area contributed by atoms with Crippen LogP contribution in [0.4, 0.5) is 0 Å². The van der Waals surface area contributed by atoms with Gasteiger partial charge in [-0.2, -0.15) is 5.10 Å². The van der Waals surface area contributed by atoms with Gasteiger partial charge in [-0.05, 0) is 36.4 Å². The van der Waals surface area contributed by atoms with E-state index in [1.165, 1.54) is 0 Å². The molecule has 1 aliphatic rings. The van der Waals surface area contributed by atoms with Gasteiger partial charge in [-0.15, -0.1) is 0 Å². The number of aromatic nitrogens is 3. The summed E-state index contributed by atoms with van der Waals surface area (Å²) in [5.74, 6) is 0.564. The lowest BCUT2D eigenvalue weighted by molar-refractivity contribution is 0.0303. The zero-order valence-electron chi connectivity index (χ0n) is 15.1. The van der Waals surface area contributed by atoms with Gasteiger partial charge in [-0.25, -0.2) is 9.67 Å². The van der Waals surface area contributed by atoms with E-state index in [9.17, 15) is 4.79 Å². The fraction of sp³-hybridized carbons (Fsp3) is 0.190. The van der Waals surface area contributed by atoms with E-state index in [0.717, 1.165) is 22.4 Å². The van der Waals surface area contributed by atoms with Gasteiger partial charge >= 0.3 is 0 Å². The van der Waals surface area contributed by atoms with E-state index in [1.54, 1.807) is 10.9 Å². The number of oxazole rings is 1. The SMILES string of the molecule is O=C(c1ccc(-n2cc(-c3nc4ccccc4o3)cn2)cc1)N1CCOCC1. The molecule has 0 N–H and O–H groups in total. The van der Waals surface area contributed by atoms with Crippen molar-refractivity contribution in [3.05, 3.63) is 66.5 Å². The molecular formula is C21H18N4O3. The number of carbonyl (C=O) groups excluding carboxylic acids is 1. The van der Waals surface area contributed by atoms with Gasteiger partial charge in [0.15, 0.2) is 5.58 Å². The fourth-order valence-electron chi connectivity index (χ4n) is 3.28. The normalized spacial score (nSPS) is 14.5. The Morgan fingerprint density at radius 2 is 1.79 bits per heavy atom. The van der Waals surface area contributed by atoms with Crippen molar-refractivity contribution in [2.45, 2.75) is 0 Å². The van der Waals surface area contributed by atoms with Crippen molar-refractivity contribution in [3.8, 4) is 17.1 Å². The van der Waals surface area contributed by atoms with Crippen LogP contribution in [0.25, 0.3) is 28.2 Å². The highest BCUT2D eigenvalue weighted by atomic mass is 16.5. The minimum atomic E-state index is 0.0301. The number of para-hydroxylation sites is 2. The van der Waals surface area contributed by atoms with Crippen LogP contribution >= 0.6 is 0 Å². The van der Waals surface area contributed by atoms with Crippen molar-refractivity contribution in [1.82, 2.24) is 19.7 Å². The summed E-state index contributed by atoms with van der Waals surface area (Å²) in [7, 11) is 0. The Bertz CT molecular complexity index is 1090. The molecule has 1 fully saturated rings. The Hall–Kier alpha value is -3.45. The second kappa shape index (κ2) is 6.94. The van der Waals surface area contributed by atoms with Crippen molar-refractivity contribution in [1.29, 1.82) is 0 Å². The quantitative estimate of drug-likeness (QED) is 0.551. The van der Waals surface area contributed by atoms with Crippen LogP contribution < -0.4 is 0 Å². The van der Waals surface area contributed by atoms with Gasteiger partial charge in [0.25, 0.3) is 5.91 Å². The van der Waals surface area contributed by atoms with Gasteiger partial charge in [0.1, 0.15) is 5.52 Å². The third-order valence-corrected chi connectivity index (χ3v) is 4.80. The monoisotopic (exact) mass is 374 g/mol. The average Bonchev–Trinajstić information content (AvgIpc) is 3.41. The summed E-state index contributed by atoms with van der Waals surface area (Å²) in [5.41, 5.74) is 3.88. The highest BCUT2D eigenvalue weighted by Gasteiger charge is 2.18. The van der Waals surface area contributed by atoms with E-state index in [1.807, 2.05) is 59.6 Å². The molecule has 2 aromatic heterocycles. The molecule has 0 saturated carbocycles. The molecule has 7 nitrogen and oxygen atoms in total. The standard InChI is InChI=1S/C21H18N4O3/c26-21(24-9-11-27-12-10-24)15-5-7-17(8-6-15)25-14-16(13-22-25)20-23-18-3-1-2-4-19(18)28-20/h1-8,13-14H,9-12H2. The van der Waals surface area contributed by atoms with Crippen LogP contribution in [0.5, 0.6) is 0 Å². The highest BCUT2D eigenvalue weighted by Crippen LogP contribution is 2.24. The van der Waals surface area contributed by atoms with E-state index in [-0.39, 0.29) is 5.91 Å². The second-order valence-electron chi connectivity index (χ2n) is 6.61. The Morgan fingerprint density at radius 3 is 2.57 bits per heavy atom. The number of hydrogen-bond donors (Lipinski definition) is 0. The number of morpholine rings is 1. The van der Waals surface area contributed by atoms with E-state index >= 15 is 0 Å². The molecule has 1 aliphatic heterocycles. The van der Waals surface area contributed by atoms with Gasteiger partial charge in [-0.3, -0.25) is 4.79 Å². The molecule has 0 spiro atoms. The molecule has 140 valence electrons. The zero-order valence-corrected chi connectivity index (χ0v) is 15.1. The maximum atomic E-state index is 12.5. The van der Waals surface area contributed by atoms with Crippen molar-refractivity contribution in [2.24, 2.45) is 0 Å². The second-order valence-corrected chi connectivity index (χ2v) is 6.61. The Labute approximate surface area is 161 Å². The maximum Gasteiger partial charge on any atom is 0.254 e. The smallest absolute Gasteiger partial charge is 0.254 e. The first-order chi connectivity index (χ1) is 13.8. The molecule has 1 saturated heterocycles. The molecule has 28 heavy (non-hydrogen) atoms. The van der Waals surface area contributed by atoms with Crippen LogP contribution in [-0.4, -0.2) is 51.9 Å². The molecule has 5 rings (SSSR count). The number of benzene rings is 2. The molecule has 3 heterocycles. The first kappa shape index (κ1) is 16.7. The Kier molecular flexibility index (Phi) is 4.14. The summed E-state index contributed by atoms with van der Waals surface area (Å²) in [6, 6.07) is 15.1. The largest absolute Gasteiger partial charge is 0.436 e. The van der Waals surface area contributed by atoms with E-state index in [4.69, 9.17) is 9.15 Å². The number of rotatable bonds is 3. The van der Waals surface area contributed by atoms with Crippen LogP contribution in [0.3, 0.4) is 0 Å². The Morgan fingerprint density at radius 1 is 1.00 bits per heavy atom. The molecule has 0 atom stereocenters. The lowest BCUT2D eigenvalue weighted by atomic mass is 10.1. The third-order valence-electron chi connectivity index (χ3n) is 4.80. The number of fused-ring (bicyclic) bond motifs is 1. The molecule has 7 heteroatoms. The molecular weight excluding hydrogens is 356 g/mol. The number of carbonyl (C=O) groups is 1. The molecule has 2 aromatic carbocycles. The molecule has 0 bridgehead atoms. The minimum Gasteiger partial charge on any atom is -0.436 e. The summed E-state index contributed by atoms with van der Waals surface area (Å²) in [4.78, 5) is 18.9. The van der Waals surface area contributed by atoms with Crippen molar-refractivity contribution in [2.75, 3.05) is 26.3 Å². The van der Waals surface area contributed by atoms with E-state index < -0.39 is 0 Å². The summed E-state index contributed by atoms with van der Waals surface area (Å²) < 4.78 is 12.8. The molecule has 1 amide bonds. The molecule has 0 aliphatic carbocycles. The van der Waals surface area contributed by atoms with E-state index in [0.29, 0.717) is 37.8 Å². The van der Waals surface area contributed by atoms with Crippen LogP contribution in [-0.2, 0) is 4.74 Å². The van der Waals surface area contributed by atoms with E-state index in [2.05, 4.69) is 10.1 Å². The minimum absolute atomic E-state index is 0.0301. The maximum absolute atomic E-state index is 12.5. The highest BCUT2D eigenvalue weighted by molar-refractivity contribution is 5.94. The lowest BCUT2D eigenvalue weighted by Gasteiger charge is -2.26. The van der Waals surface area contributed by atoms with Crippen LogP contribution in [0.2, 0.25) is 0 Å². The number of ether oxygens (including phenoxy) is 1.